The van der Waals surface area contributed by atoms with Crippen molar-refractivity contribution >= 4 is 28.8 Å². The van der Waals surface area contributed by atoms with Crippen molar-refractivity contribution in [3.8, 4) is 0 Å². The number of fused-ring (bicyclic) bond motifs is 2. The molecule has 0 bridgehead atoms. The molecule has 0 radical (unpaired) electrons. The first-order chi connectivity index (χ1) is 12.6. The van der Waals surface area contributed by atoms with Gasteiger partial charge in [0.2, 0.25) is 5.76 Å². The number of hydroxylamine groups is 2. The van der Waals surface area contributed by atoms with Crippen LogP contribution in [-0.2, 0) is 16.2 Å². The number of rotatable bonds is 4. The zero-order chi connectivity index (χ0) is 18.3. The van der Waals surface area contributed by atoms with E-state index in [0.717, 1.165) is 0 Å². The zero-order valence-electron chi connectivity index (χ0n) is 13.7. The van der Waals surface area contributed by atoms with Crippen molar-refractivity contribution in [1.29, 1.82) is 0 Å². The van der Waals surface area contributed by atoms with Gasteiger partial charge in [-0.3, -0.25) is 9.59 Å². The smallest absolute Gasteiger partial charge is 0.399 e. The van der Waals surface area contributed by atoms with Gasteiger partial charge < -0.3 is 14.0 Å². The Morgan fingerprint density at radius 3 is 2.27 bits per heavy atom. The summed E-state index contributed by atoms with van der Waals surface area (Å²) in [6, 6.07) is 13.3. The number of hydrogen-bond acceptors (Lipinski definition) is 6. The van der Waals surface area contributed by atoms with E-state index in [-0.39, 0.29) is 23.5 Å². The quantitative estimate of drug-likeness (QED) is 0.672. The molecule has 7 nitrogen and oxygen atoms in total. The summed E-state index contributed by atoms with van der Waals surface area (Å²) in [6.45, 7) is 0.115. The molecule has 0 aliphatic carbocycles. The van der Waals surface area contributed by atoms with Gasteiger partial charge in [-0.2, -0.15) is 0 Å². The molecule has 26 heavy (non-hydrogen) atoms. The molecule has 2 amide bonds. The van der Waals surface area contributed by atoms with Crippen LogP contribution >= 0.6 is 0 Å². The molecular weight excluding hydrogens is 338 g/mol. The number of hydrogen-bond donors (Lipinski definition) is 0. The summed E-state index contributed by atoms with van der Waals surface area (Å²) in [5.74, 6) is -2.43. The second-order valence-electron chi connectivity index (χ2n) is 5.67. The van der Waals surface area contributed by atoms with Gasteiger partial charge in [0.1, 0.15) is 5.58 Å². The van der Waals surface area contributed by atoms with Crippen LogP contribution in [-0.4, -0.2) is 30.0 Å². The summed E-state index contributed by atoms with van der Waals surface area (Å²) in [4.78, 5) is 42.3. The summed E-state index contributed by atoms with van der Waals surface area (Å²) in [7, 11) is 1.49. The normalized spacial score (nSPS) is 13.3. The van der Waals surface area contributed by atoms with Crippen LogP contribution in [0.4, 0.5) is 0 Å². The first kappa shape index (κ1) is 16.0. The molecule has 0 saturated heterocycles. The minimum absolute atomic E-state index is 0.107. The Morgan fingerprint density at radius 2 is 1.62 bits per heavy atom. The minimum atomic E-state index is -0.942. The van der Waals surface area contributed by atoms with Gasteiger partial charge >= 0.3 is 5.97 Å². The maximum atomic E-state index is 12.6. The Morgan fingerprint density at radius 1 is 1.00 bits per heavy atom. The van der Waals surface area contributed by atoms with Gasteiger partial charge in [-0.05, 0) is 18.2 Å². The summed E-state index contributed by atoms with van der Waals surface area (Å²) in [5, 5.41) is 1.15. The van der Waals surface area contributed by atoms with E-state index in [1.807, 2.05) is 0 Å². The van der Waals surface area contributed by atoms with Crippen LogP contribution in [0, 0.1) is 0 Å². The lowest BCUT2D eigenvalue weighted by Gasteiger charge is -2.12. The standard InChI is InChI=1S/C19H13NO6/c1-24-10-14-11-6-4-5-9-15(11)25-16(14)19(23)26-20-17(21)12-7-2-3-8-13(12)18(20)22/h2-9H,10H2,1H3. The van der Waals surface area contributed by atoms with E-state index in [2.05, 4.69) is 0 Å². The Labute approximate surface area is 147 Å². The highest BCUT2D eigenvalue weighted by Crippen LogP contribution is 2.29. The molecule has 2 heterocycles. The Hall–Kier alpha value is -3.45. The number of furan rings is 1. The van der Waals surface area contributed by atoms with Crippen LogP contribution in [0.15, 0.2) is 52.9 Å². The number of ether oxygens (including phenoxy) is 1. The number of nitrogens with zero attached hydrogens (tertiary/aromatic N) is 1. The lowest BCUT2D eigenvalue weighted by molar-refractivity contribution is -0.0604. The highest BCUT2D eigenvalue weighted by Gasteiger charge is 2.39. The average Bonchev–Trinajstić information content (AvgIpc) is 3.14. The zero-order valence-corrected chi connectivity index (χ0v) is 13.7. The third-order valence-corrected chi connectivity index (χ3v) is 4.10. The van der Waals surface area contributed by atoms with Crippen molar-refractivity contribution in [2.45, 2.75) is 6.61 Å². The van der Waals surface area contributed by atoms with E-state index < -0.39 is 17.8 Å². The SMILES string of the molecule is COCc1c(C(=O)ON2C(=O)c3ccccc3C2=O)oc2ccccc12. The monoisotopic (exact) mass is 351 g/mol. The molecule has 7 heteroatoms. The van der Waals surface area contributed by atoms with Gasteiger partial charge in [-0.15, -0.1) is 0 Å². The fourth-order valence-corrected chi connectivity index (χ4v) is 2.93. The highest BCUT2D eigenvalue weighted by molar-refractivity contribution is 6.21. The van der Waals surface area contributed by atoms with E-state index in [0.29, 0.717) is 21.6 Å². The first-order valence-corrected chi connectivity index (χ1v) is 7.81. The van der Waals surface area contributed by atoms with Gasteiger partial charge in [0.25, 0.3) is 11.8 Å². The van der Waals surface area contributed by atoms with Crippen molar-refractivity contribution in [3.63, 3.8) is 0 Å². The van der Waals surface area contributed by atoms with Crippen LogP contribution in [0.25, 0.3) is 11.0 Å². The summed E-state index contributed by atoms with van der Waals surface area (Å²) >= 11 is 0. The predicted molar refractivity (Wildman–Crippen MR) is 89.3 cm³/mol. The topological polar surface area (TPSA) is 86.0 Å². The number of carbonyl (C=O) groups excluding carboxylic acids is 3. The molecule has 0 N–H and O–H groups in total. The number of amides is 2. The molecule has 0 atom stereocenters. The second kappa shape index (κ2) is 6.12. The molecule has 2 aromatic carbocycles. The molecule has 1 aromatic heterocycles. The van der Waals surface area contributed by atoms with Crippen molar-refractivity contribution in [2.75, 3.05) is 7.11 Å². The molecule has 0 unspecified atom stereocenters. The van der Waals surface area contributed by atoms with E-state index in [4.69, 9.17) is 14.0 Å². The number of methoxy groups -OCH3 is 1. The van der Waals surface area contributed by atoms with Crippen molar-refractivity contribution in [2.24, 2.45) is 0 Å². The van der Waals surface area contributed by atoms with Crippen molar-refractivity contribution < 1.29 is 28.4 Å². The van der Waals surface area contributed by atoms with Gasteiger partial charge in [0, 0.05) is 18.1 Å². The van der Waals surface area contributed by atoms with Gasteiger partial charge in [0.05, 0.1) is 17.7 Å². The second-order valence-corrected chi connectivity index (χ2v) is 5.67. The van der Waals surface area contributed by atoms with Gasteiger partial charge in [-0.1, -0.05) is 35.4 Å². The lowest BCUT2D eigenvalue weighted by Crippen LogP contribution is -2.32. The van der Waals surface area contributed by atoms with Gasteiger partial charge in [-0.25, -0.2) is 4.79 Å². The maximum Gasteiger partial charge on any atom is 0.399 e. The van der Waals surface area contributed by atoms with E-state index in [1.165, 1.54) is 19.2 Å². The average molecular weight is 351 g/mol. The fraction of sp³-hybridized carbons (Fsp3) is 0.105. The van der Waals surface area contributed by atoms with Crippen LogP contribution in [0.1, 0.15) is 36.8 Å². The molecule has 0 saturated carbocycles. The fourth-order valence-electron chi connectivity index (χ4n) is 2.93. The van der Waals surface area contributed by atoms with Crippen molar-refractivity contribution in [3.05, 3.63) is 71.0 Å². The lowest BCUT2D eigenvalue weighted by atomic mass is 10.1. The summed E-state index contributed by atoms with van der Waals surface area (Å²) in [5.41, 5.74) is 1.35. The number of imide groups is 1. The maximum absolute atomic E-state index is 12.6. The number of benzene rings is 2. The summed E-state index contributed by atoms with van der Waals surface area (Å²) in [6.07, 6.45) is 0. The van der Waals surface area contributed by atoms with Gasteiger partial charge in [0.15, 0.2) is 0 Å². The Balaban J connectivity index is 1.68. The van der Waals surface area contributed by atoms with E-state index in [1.54, 1.807) is 36.4 Å². The molecule has 130 valence electrons. The minimum Gasteiger partial charge on any atom is -0.449 e. The molecular formula is C19H13NO6. The van der Waals surface area contributed by atoms with Crippen LogP contribution < -0.4 is 0 Å². The highest BCUT2D eigenvalue weighted by atomic mass is 16.7. The molecule has 0 spiro atoms. The largest absolute Gasteiger partial charge is 0.449 e. The first-order valence-electron chi connectivity index (χ1n) is 7.81. The third kappa shape index (κ3) is 2.37. The molecule has 1 aliphatic rings. The van der Waals surface area contributed by atoms with Crippen LogP contribution in [0.5, 0.6) is 0 Å². The summed E-state index contributed by atoms with van der Waals surface area (Å²) < 4.78 is 10.7. The van der Waals surface area contributed by atoms with E-state index >= 15 is 0 Å². The molecule has 0 fully saturated rings. The number of para-hydroxylation sites is 1. The molecule has 1 aliphatic heterocycles. The molecule has 3 aromatic rings. The molecule has 4 rings (SSSR count). The predicted octanol–water partition coefficient (Wildman–Crippen LogP) is 2.95. The van der Waals surface area contributed by atoms with E-state index in [9.17, 15) is 14.4 Å². The van der Waals surface area contributed by atoms with Crippen LogP contribution in [0.3, 0.4) is 0 Å². The Bertz CT molecular complexity index is 1020. The van der Waals surface area contributed by atoms with Crippen molar-refractivity contribution in [1.82, 2.24) is 5.06 Å². The Kier molecular flexibility index (Phi) is 3.78. The number of carbonyl (C=O) groups is 3. The van der Waals surface area contributed by atoms with Crippen LogP contribution in [0.2, 0.25) is 0 Å². The third-order valence-electron chi connectivity index (χ3n) is 4.10.